The van der Waals surface area contributed by atoms with Crippen LogP contribution in [0.4, 0.5) is 30.2 Å². The molecule has 0 aliphatic carbocycles. The molecule has 0 saturated carbocycles. The van der Waals surface area contributed by atoms with Gasteiger partial charge in [-0.3, -0.25) is 14.8 Å². The van der Waals surface area contributed by atoms with Crippen LogP contribution in [0.5, 0.6) is 0 Å². The van der Waals surface area contributed by atoms with Crippen molar-refractivity contribution >= 4 is 27.1 Å². The van der Waals surface area contributed by atoms with E-state index in [4.69, 9.17) is 5.73 Å². The SMILES string of the molecule is Nc1ccc(NS(=O)(=O)c2ccc([N+](=O)[O-])cc2)cc1C(F)(F)F. The molecule has 0 aliphatic heterocycles. The number of hydrogen-bond donors (Lipinski definition) is 2. The maximum Gasteiger partial charge on any atom is 0.418 e. The van der Waals surface area contributed by atoms with Gasteiger partial charge in [0.05, 0.1) is 15.4 Å². The Kier molecular flexibility index (Phi) is 4.38. The van der Waals surface area contributed by atoms with Crippen LogP contribution in [0.1, 0.15) is 5.56 Å². The Morgan fingerprint density at radius 1 is 1.08 bits per heavy atom. The number of rotatable bonds is 4. The fraction of sp³-hybridized carbons (Fsp3) is 0.0769. The second kappa shape index (κ2) is 6.00. The molecule has 3 N–H and O–H groups in total. The number of nitrogen functional groups attached to an aromatic ring is 1. The molecule has 0 atom stereocenters. The highest BCUT2D eigenvalue weighted by Gasteiger charge is 2.33. The normalized spacial score (nSPS) is 12.0. The van der Waals surface area contributed by atoms with Crippen LogP contribution >= 0.6 is 0 Å². The first kappa shape index (κ1) is 17.5. The first-order valence-electron chi connectivity index (χ1n) is 6.25. The minimum absolute atomic E-state index is 0.319. The van der Waals surface area contributed by atoms with Crippen molar-refractivity contribution in [3.63, 3.8) is 0 Å². The molecule has 0 heterocycles. The minimum atomic E-state index is -4.74. The van der Waals surface area contributed by atoms with Crippen LogP contribution in [-0.4, -0.2) is 13.3 Å². The van der Waals surface area contributed by atoms with Crippen LogP contribution < -0.4 is 10.5 Å². The third-order valence-electron chi connectivity index (χ3n) is 2.97. The number of nitrogens with zero attached hydrogens (tertiary/aromatic N) is 1. The second-order valence-corrected chi connectivity index (χ2v) is 6.34. The number of sulfonamides is 1. The van der Waals surface area contributed by atoms with Gasteiger partial charge in [0.25, 0.3) is 15.7 Å². The van der Waals surface area contributed by atoms with E-state index in [9.17, 15) is 31.7 Å². The van der Waals surface area contributed by atoms with E-state index in [1.54, 1.807) is 0 Å². The summed E-state index contributed by atoms with van der Waals surface area (Å²) in [5.41, 5.74) is 2.86. The Hall–Kier alpha value is -2.82. The first-order valence-corrected chi connectivity index (χ1v) is 7.73. The number of halogens is 3. The lowest BCUT2D eigenvalue weighted by Crippen LogP contribution is -2.15. The van der Waals surface area contributed by atoms with Gasteiger partial charge in [-0.15, -0.1) is 0 Å². The summed E-state index contributed by atoms with van der Waals surface area (Å²) in [6.07, 6.45) is -4.74. The van der Waals surface area contributed by atoms with Crippen molar-refractivity contribution in [2.75, 3.05) is 10.5 Å². The molecule has 0 amide bonds. The van der Waals surface area contributed by atoms with Crippen molar-refractivity contribution in [2.24, 2.45) is 0 Å². The lowest BCUT2D eigenvalue weighted by atomic mass is 10.1. The smallest absolute Gasteiger partial charge is 0.398 e. The molecule has 11 heteroatoms. The molecule has 7 nitrogen and oxygen atoms in total. The largest absolute Gasteiger partial charge is 0.418 e. The molecule has 0 spiro atoms. The summed E-state index contributed by atoms with van der Waals surface area (Å²) in [7, 11) is -4.21. The Labute approximate surface area is 134 Å². The number of anilines is 2. The molecule has 0 fully saturated rings. The number of nitrogens with two attached hydrogens (primary N) is 1. The average Bonchev–Trinajstić information content (AvgIpc) is 2.48. The third kappa shape index (κ3) is 3.74. The van der Waals surface area contributed by atoms with E-state index in [1.807, 2.05) is 4.72 Å². The molecule has 2 aromatic carbocycles. The fourth-order valence-electron chi connectivity index (χ4n) is 1.83. The predicted octanol–water partition coefficient (Wildman–Crippen LogP) is 3.00. The zero-order valence-corrected chi connectivity index (χ0v) is 12.6. The van der Waals surface area contributed by atoms with Gasteiger partial charge in [0.1, 0.15) is 0 Å². The third-order valence-corrected chi connectivity index (χ3v) is 4.37. The van der Waals surface area contributed by atoms with Crippen LogP contribution in [0.25, 0.3) is 0 Å². The van der Waals surface area contributed by atoms with Crippen molar-refractivity contribution in [1.82, 2.24) is 0 Å². The average molecular weight is 361 g/mol. The molecule has 0 radical (unpaired) electrons. The number of alkyl halides is 3. The molecule has 0 saturated heterocycles. The van der Waals surface area contributed by atoms with Crippen molar-refractivity contribution < 1.29 is 26.5 Å². The van der Waals surface area contributed by atoms with Crippen molar-refractivity contribution in [3.8, 4) is 0 Å². The van der Waals surface area contributed by atoms with Gasteiger partial charge >= 0.3 is 6.18 Å². The molecular weight excluding hydrogens is 351 g/mol. The monoisotopic (exact) mass is 361 g/mol. The molecule has 2 aromatic rings. The Balaban J connectivity index is 2.34. The highest BCUT2D eigenvalue weighted by molar-refractivity contribution is 7.92. The lowest BCUT2D eigenvalue weighted by Gasteiger charge is -2.13. The second-order valence-electron chi connectivity index (χ2n) is 4.66. The first-order chi connectivity index (χ1) is 11.0. The van der Waals surface area contributed by atoms with Crippen molar-refractivity contribution in [2.45, 2.75) is 11.1 Å². The summed E-state index contributed by atoms with van der Waals surface area (Å²) in [5.74, 6) is 0. The highest BCUT2D eigenvalue weighted by Crippen LogP contribution is 2.35. The van der Waals surface area contributed by atoms with E-state index in [1.165, 1.54) is 0 Å². The number of nitrogens with one attached hydrogen (secondary N) is 1. The van der Waals surface area contributed by atoms with Crippen molar-refractivity contribution in [3.05, 3.63) is 58.1 Å². The van der Waals surface area contributed by atoms with Gasteiger partial charge < -0.3 is 5.73 Å². The fourth-order valence-corrected chi connectivity index (χ4v) is 2.88. The van der Waals surface area contributed by atoms with Gasteiger partial charge in [0.2, 0.25) is 0 Å². The van der Waals surface area contributed by atoms with Crippen LogP contribution in [0.15, 0.2) is 47.4 Å². The molecule has 0 unspecified atom stereocenters. The van der Waals surface area contributed by atoms with E-state index in [0.717, 1.165) is 36.4 Å². The number of benzene rings is 2. The maximum atomic E-state index is 12.8. The standard InChI is InChI=1S/C13H10F3N3O4S/c14-13(15,16)11-7-8(1-6-12(11)17)18-24(22,23)10-4-2-9(3-5-10)19(20)21/h1-7,18H,17H2. The summed E-state index contributed by atoms with van der Waals surface area (Å²) in [4.78, 5) is 9.49. The van der Waals surface area contributed by atoms with Gasteiger partial charge in [0, 0.05) is 23.5 Å². The Morgan fingerprint density at radius 2 is 1.67 bits per heavy atom. The van der Waals surface area contributed by atoms with E-state index in [2.05, 4.69) is 0 Å². The van der Waals surface area contributed by atoms with Crippen LogP contribution in [0, 0.1) is 10.1 Å². The summed E-state index contributed by atoms with van der Waals surface area (Å²) >= 11 is 0. The molecule has 0 bridgehead atoms. The zero-order valence-electron chi connectivity index (χ0n) is 11.7. The maximum absolute atomic E-state index is 12.8. The van der Waals surface area contributed by atoms with Crippen LogP contribution in [0.3, 0.4) is 0 Å². The highest BCUT2D eigenvalue weighted by atomic mass is 32.2. The number of non-ortho nitro benzene ring substituents is 1. The number of hydrogen-bond acceptors (Lipinski definition) is 5. The lowest BCUT2D eigenvalue weighted by molar-refractivity contribution is -0.384. The van der Waals surface area contributed by atoms with Gasteiger partial charge in [-0.1, -0.05) is 0 Å². The topological polar surface area (TPSA) is 115 Å². The Morgan fingerprint density at radius 3 is 2.17 bits per heavy atom. The van der Waals surface area contributed by atoms with Gasteiger partial charge in [0.15, 0.2) is 0 Å². The predicted molar refractivity (Wildman–Crippen MR) is 79.8 cm³/mol. The summed E-state index contributed by atoms with van der Waals surface area (Å²) in [6, 6.07) is 6.46. The van der Waals surface area contributed by atoms with E-state index in [-0.39, 0.29) is 16.3 Å². The van der Waals surface area contributed by atoms with E-state index < -0.39 is 32.4 Å². The molecule has 0 aromatic heterocycles. The molecule has 2 rings (SSSR count). The Bertz CT molecular complexity index is 880. The molecule has 128 valence electrons. The van der Waals surface area contributed by atoms with E-state index in [0.29, 0.717) is 6.07 Å². The van der Waals surface area contributed by atoms with E-state index >= 15 is 0 Å². The van der Waals surface area contributed by atoms with Gasteiger partial charge in [-0.25, -0.2) is 8.42 Å². The molecular formula is C13H10F3N3O4S. The zero-order chi connectivity index (χ0) is 18.1. The molecule has 24 heavy (non-hydrogen) atoms. The van der Waals surface area contributed by atoms with Gasteiger partial charge in [-0.2, -0.15) is 13.2 Å². The summed E-state index contributed by atoms with van der Waals surface area (Å²) in [6.45, 7) is 0. The van der Waals surface area contributed by atoms with Crippen molar-refractivity contribution in [1.29, 1.82) is 0 Å². The molecule has 0 aliphatic rings. The minimum Gasteiger partial charge on any atom is -0.398 e. The number of nitro benzene ring substituents is 1. The van der Waals surface area contributed by atoms with Crippen LogP contribution in [-0.2, 0) is 16.2 Å². The summed E-state index contributed by atoms with van der Waals surface area (Å²) < 4.78 is 64.6. The van der Waals surface area contributed by atoms with Gasteiger partial charge in [-0.05, 0) is 30.3 Å². The summed E-state index contributed by atoms with van der Waals surface area (Å²) in [5, 5.41) is 10.5. The quantitative estimate of drug-likeness (QED) is 0.493. The van der Waals surface area contributed by atoms with Crippen LogP contribution in [0.2, 0.25) is 0 Å². The number of nitro groups is 1.